The molecule has 1 fully saturated rings. The monoisotopic (exact) mass is 293 g/mol. The lowest BCUT2D eigenvalue weighted by molar-refractivity contribution is 0.0839. The van der Waals surface area contributed by atoms with Gasteiger partial charge in [-0.05, 0) is 43.2 Å². The summed E-state index contributed by atoms with van der Waals surface area (Å²) in [6.45, 7) is 2.47. The molecule has 1 aliphatic rings. The van der Waals surface area contributed by atoms with Crippen molar-refractivity contribution in [3.63, 3.8) is 0 Å². The number of aromatic nitrogens is 3. The molecule has 1 aliphatic heterocycles. The first-order valence-electron chi connectivity index (χ1n) is 7.83. The summed E-state index contributed by atoms with van der Waals surface area (Å²) in [5.74, 6) is 0.548. The van der Waals surface area contributed by atoms with Gasteiger partial charge in [-0.1, -0.05) is 6.07 Å². The summed E-state index contributed by atoms with van der Waals surface area (Å²) in [7, 11) is 0. The Kier molecular flexibility index (Phi) is 3.60. The number of hydrogen-bond acceptors (Lipinski definition) is 3. The predicted molar refractivity (Wildman–Crippen MR) is 85.9 cm³/mol. The van der Waals surface area contributed by atoms with E-state index < -0.39 is 0 Å². The molecule has 4 heteroatoms. The van der Waals surface area contributed by atoms with Crippen LogP contribution in [0.3, 0.4) is 0 Å². The van der Waals surface area contributed by atoms with E-state index in [4.69, 9.17) is 4.74 Å². The van der Waals surface area contributed by atoms with E-state index in [1.807, 2.05) is 30.6 Å². The fourth-order valence-corrected chi connectivity index (χ4v) is 3.26. The van der Waals surface area contributed by atoms with E-state index in [0.717, 1.165) is 43.9 Å². The lowest BCUT2D eigenvalue weighted by atomic mass is 9.96. The largest absolute Gasteiger partial charge is 0.381 e. The zero-order valence-electron chi connectivity index (χ0n) is 12.5. The van der Waals surface area contributed by atoms with Gasteiger partial charge in [0.15, 0.2) is 0 Å². The number of hydrogen-bond donors (Lipinski definition) is 0. The van der Waals surface area contributed by atoms with Crippen molar-refractivity contribution in [3.05, 3.63) is 60.2 Å². The molecule has 4 rings (SSSR count). The van der Waals surface area contributed by atoms with Gasteiger partial charge in [0, 0.05) is 42.6 Å². The highest BCUT2D eigenvalue weighted by Crippen LogP contribution is 2.31. The Balaban J connectivity index is 1.79. The van der Waals surface area contributed by atoms with Gasteiger partial charge in [-0.3, -0.25) is 4.98 Å². The van der Waals surface area contributed by atoms with Crippen molar-refractivity contribution < 1.29 is 4.74 Å². The van der Waals surface area contributed by atoms with E-state index in [0.29, 0.717) is 5.92 Å². The molecule has 4 nitrogen and oxygen atoms in total. The van der Waals surface area contributed by atoms with Crippen LogP contribution in [0.1, 0.15) is 30.1 Å². The van der Waals surface area contributed by atoms with Gasteiger partial charge in [0.25, 0.3) is 0 Å². The molecule has 0 spiro atoms. The molecule has 112 valence electrons. The summed E-state index contributed by atoms with van der Waals surface area (Å²) in [5.41, 5.74) is 3.48. The highest BCUT2D eigenvalue weighted by Gasteiger charge is 2.21. The van der Waals surface area contributed by atoms with Gasteiger partial charge < -0.3 is 9.30 Å². The van der Waals surface area contributed by atoms with Crippen molar-refractivity contribution in [2.75, 3.05) is 13.2 Å². The van der Waals surface area contributed by atoms with Crippen LogP contribution in [0, 0.1) is 0 Å². The first-order chi connectivity index (χ1) is 10.9. The summed E-state index contributed by atoms with van der Waals surface area (Å²) in [6, 6.07) is 12.5. The van der Waals surface area contributed by atoms with Crippen LogP contribution in [0.5, 0.6) is 0 Å². The average Bonchev–Trinajstić information content (AvgIpc) is 2.95. The zero-order chi connectivity index (χ0) is 14.8. The van der Waals surface area contributed by atoms with Crippen molar-refractivity contribution in [2.45, 2.75) is 25.3 Å². The number of ether oxygens (including phenoxy) is 1. The highest BCUT2D eigenvalue weighted by molar-refractivity contribution is 5.77. The van der Waals surface area contributed by atoms with Crippen LogP contribution in [0.2, 0.25) is 0 Å². The van der Waals surface area contributed by atoms with Crippen molar-refractivity contribution >= 4 is 11.0 Å². The summed E-state index contributed by atoms with van der Waals surface area (Å²) in [5, 5.41) is 1.21. The Morgan fingerprint density at radius 1 is 1.05 bits per heavy atom. The lowest BCUT2D eigenvalue weighted by Crippen LogP contribution is -2.18. The third kappa shape index (κ3) is 2.50. The second-order valence-corrected chi connectivity index (χ2v) is 5.78. The number of nitrogens with zero attached hydrogens (tertiary/aromatic N) is 3. The first kappa shape index (κ1) is 13.5. The molecular weight excluding hydrogens is 274 g/mol. The third-order valence-corrected chi connectivity index (χ3v) is 4.37. The van der Waals surface area contributed by atoms with Gasteiger partial charge in [-0.15, -0.1) is 0 Å². The predicted octanol–water partition coefficient (Wildman–Crippen LogP) is 3.37. The van der Waals surface area contributed by atoms with E-state index in [1.54, 1.807) is 0 Å². The second-order valence-electron chi connectivity index (χ2n) is 5.78. The van der Waals surface area contributed by atoms with Crippen LogP contribution < -0.4 is 0 Å². The number of rotatable bonds is 3. The molecule has 0 amide bonds. The molecule has 0 aromatic carbocycles. The first-order valence-corrected chi connectivity index (χ1v) is 7.83. The van der Waals surface area contributed by atoms with Gasteiger partial charge >= 0.3 is 0 Å². The molecule has 0 saturated carbocycles. The highest BCUT2D eigenvalue weighted by atomic mass is 16.5. The standard InChI is InChI=1S/C18H19N3O/c1-2-8-19-16(5-1)13-21-17(14-6-10-22-11-7-14)12-15-4-3-9-20-18(15)21/h1-5,8-9,12,14H,6-7,10-11,13H2. The minimum absolute atomic E-state index is 0.548. The Morgan fingerprint density at radius 2 is 1.91 bits per heavy atom. The maximum absolute atomic E-state index is 5.52. The smallest absolute Gasteiger partial charge is 0.140 e. The fourth-order valence-electron chi connectivity index (χ4n) is 3.26. The molecular formula is C18H19N3O. The molecule has 0 atom stereocenters. The molecule has 22 heavy (non-hydrogen) atoms. The fraction of sp³-hybridized carbons (Fsp3) is 0.333. The zero-order valence-corrected chi connectivity index (χ0v) is 12.5. The molecule has 3 aromatic heterocycles. The van der Waals surface area contributed by atoms with Gasteiger partial charge in [0.1, 0.15) is 5.65 Å². The molecule has 1 saturated heterocycles. The Bertz CT molecular complexity index is 760. The third-order valence-electron chi connectivity index (χ3n) is 4.37. The SMILES string of the molecule is c1ccc(Cn2c(C3CCOCC3)cc3cccnc32)nc1. The summed E-state index contributed by atoms with van der Waals surface area (Å²) in [6.07, 6.45) is 5.88. The van der Waals surface area contributed by atoms with E-state index in [-0.39, 0.29) is 0 Å². The Morgan fingerprint density at radius 3 is 2.73 bits per heavy atom. The summed E-state index contributed by atoms with van der Waals surface area (Å²) in [4.78, 5) is 9.07. The van der Waals surface area contributed by atoms with E-state index in [1.165, 1.54) is 11.1 Å². The van der Waals surface area contributed by atoms with Crippen molar-refractivity contribution in [3.8, 4) is 0 Å². The van der Waals surface area contributed by atoms with Gasteiger partial charge in [-0.25, -0.2) is 4.98 Å². The normalized spacial score (nSPS) is 16.2. The van der Waals surface area contributed by atoms with Crippen molar-refractivity contribution in [1.82, 2.24) is 14.5 Å². The van der Waals surface area contributed by atoms with Crippen LogP contribution in [-0.4, -0.2) is 27.7 Å². The van der Waals surface area contributed by atoms with Crippen molar-refractivity contribution in [2.24, 2.45) is 0 Å². The van der Waals surface area contributed by atoms with Gasteiger partial charge in [0.05, 0.1) is 12.2 Å². The lowest BCUT2D eigenvalue weighted by Gasteiger charge is -2.23. The maximum Gasteiger partial charge on any atom is 0.140 e. The maximum atomic E-state index is 5.52. The van der Waals surface area contributed by atoms with Gasteiger partial charge in [-0.2, -0.15) is 0 Å². The van der Waals surface area contributed by atoms with Crippen LogP contribution in [0.4, 0.5) is 0 Å². The van der Waals surface area contributed by atoms with Crippen LogP contribution in [0.15, 0.2) is 48.8 Å². The Labute approximate surface area is 129 Å². The quantitative estimate of drug-likeness (QED) is 0.743. The Hall–Kier alpha value is -2.20. The van der Waals surface area contributed by atoms with Gasteiger partial charge in [0.2, 0.25) is 0 Å². The second kappa shape index (κ2) is 5.89. The van der Waals surface area contributed by atoms with Crippen LogP contribution in [0.25, 0.3) is 11.0 Å². The molecule has 0 N–H and O–H groups in total. The molecule has 0 unspecified atom stereocenters. The summed E-state index contributed by atoms with van der Waals surface area (Å²) < 4.78 is 7.84. The number of pyridine rings is 2. The molecule has 0 radical (unpaired) electrons. The average molecular weight is 293 g/mol. The molecule has 0 aliphatic carbocycles. The molecule has 0 bridgehead atoms. The van der Waals surface area contributed by atoms with Crippen molar-refractivity contribution in [1.29, 1.82) is 0 Å². The number of fused-ring (bicyclic) bond motifs is 1. The minimum atomic E-state index is 0.548. The van der Waals surface area contributed by atoms with Crippen LogP contribution >= 0.6 is 0 Å². The van der Waals surface area contributed by atoms with Crippen LogP contribution in [-0.2, 0) is 11.3 Å². The van der Waals surface area contributed by atoms with E-state index in [2.05, 4.69) is 32.7 Å². The molecule has 4 heterocycles. The minimum Gasteiger partial charge on any atom is -0.381 e. The summed E-state index contributed by atoms with van der Waals surface area (Å²) >= 11 is 0. The molecule has 3 aromatic rings. The van der Waals surface area contributed by atoms with E-state index >= 15 is 0 Å². The van der Waals surface area contributed by atoms with E-state index in [9.17, 15) is 0 Å². The topological polar surface area (TPSA) is 39.9 Å².